The predicted octanol–water partition coefficient (Wildman–Crippen LogP) is 2.87. The summed E-state index contributed by atoms with van der Waals surface area (Å²) in [6, 6.07) is 0. The van der Waals surface area contributed by atoms with Gasteiger partial charge in [-0.2, -0.15) is 0 Å². The van der Waals surface area contributed by atoms with Crippen LogP contribution in [0, 0.1) is 11.8 Å². The van der Waals surface area contributed by atoms with E-state index in [0.29, 0.717) is 0 Å². The Balaban J connectivity index is 2.39. The minimum absolute atomic E-state index is 0.0832. The molecule has 3 atom stereocenters. The Morgan fingerprint density at radius 1 is 1.50 bits per heavy atom. The lowest BCUT2D eigenvalue weighted by Crippen LogP contribution is -2.52. The topological polar surface area (TPSA) is 29.3 Å². The summed E-state index contributed by atoms with van der Waals surface area (Å²) < 4.78 is 0. The maximum atomic E-state index is 6.53. The molecule has 1 saturated carbocycles. The zero-order valence-corrected chi connectivity index (χ0v) is 11.6. The summed E-state index contributed by atoms with van der Waals surface area (Å²) in [7, 11) is 2.22. The van der Waals surface area contributed by atoms with Crippen LogP contribution in [-0.2, 0) is 0 Å². The van der Waals surface area contributed by atoms with Crippen LogP contribution in [0.25, 0.3) is 0 Å². The molecule has 1 fully saturated rings. The lowest BCUT2D eigenvalue weighted by molar-refractivity contribution is 0.158. The Morgan fingerprint density at radius 2 is 2.19 bits per heavy atom. The second-order valence-electron chi connectivity index (χ2n) is 6.27. The lowest BCUT2D eigenvalue weighted by Gasteiger charge is -2.40. The molecular weight excluding hydrogens is 196 g/mol. The van der Waals surface area contributed by atoms with E-state index in [0.717, 1.165) is 18.4 Å². The summed E-state index contributed by atoms with van der Waals surface area (Å²) in [6.45, 7) is 9.18. The monoisotopic (exact) mass is 226 g/mol. The van der Waals surface area contributed by atoms with E-state index in [9.17, 15) is 0 Å². The molecule has 1 aliphatic rings. The van der Waals surface area contributed by atoms with Crippen molar-refractivity contribution in [1.82, 2.24) is 4.90 Å². The largest absolute Gasteiger partial charge is 0.324 e. The molecule has 1 rings (SSSR count). The molecule has 0 aromatic heterocycles. The number of likely N-dealkylation sites (N-methyl/N-ethyl adjacent to an activating group) is 1. The van der Waals surface area contributed by atoms with E-state index in [1.807, 2.05) is 0 Å². The third-order valence-corrected chi connectivity index (χ3v) is 4.03. The van der Waals surface area contributed by atoms with Crippen LogP contribution in [0.2, 0.25) is 0 Å². The maximum Gasteiger partial charge on any atom is 0.0285 e. The molecule has 0 aromatic carbocycles. The summed E-state index contributed by atoms with van der Waals surface area (Å²) in [4.78, 5) is 2.44. The van der Waals surface area contributed by atoms with Crippen LogP contribution in [-0.4, -0.2) is 30.6 Å². The number of rotatable bonds is 5. The maximum absolute atomic E-state index is 6.53. The first-order chi connectivity index (χ1) is 7.45. The second-order valence-corrected chi connectivity index (χ2v) is 6.27. The average molecular weight is 226 g/mol. The van der Waals surface area contributed by atoms with Crippen molar-refractivity contribution in [3.8, 4) is 0 Å². The Bertz CT molecular complexity index is 205. The van der Waals surface area contributed by atoms with E-state index in [-0.39, 0.29) is 5.54 Å². The second kappa shape index (κ2) is 6.02. The molecule has 2 heteroatoms. The fraction of sp³-hybridized carbons (Fsp3) is 1.00. The molecule has 1 aliphatic carbocycles. The van der Waals surface area contributed by atoms with Gasteiger partial charge in [-0.1, -0.05) is 40.0 Å². The highest BCUT2D eigenvalue weighted by atomic mass is 15.1. The van der Waals surface area contributed by atoms with Gasteiger partial charge in [0.25, 0.3) is 0 Å². The SMILES string of the molecule is CCC(C)CN(C)CC1(N)CCCC(C)C1. The fourth-order valence-corrected chi connectivity index (χ4v) is 3.11. The van der Waals surface area contributed by atoms with Crippen LogP contribution in [0.4, 0.5) is 0 Å². The van der Waals surface area contributed by atoms with Crippen molar-refractivity contribution >= 4 is 0 Å². The highest BCUT2D eigenvalue weighted by Crippen LogP contribution is 2.30. The van der Waals surface area contributed by atoms with Gasteiger partial charge < -0.3 is 10.6 Å². The van der Waals surface area contributed by atoms with E-state index >= 15 is 0 Å². The summed E-state index contributed by atoms with van der Waals surface area (Å²) in [6.07, 6.45) is 6.36. The quantitative estimate of drug-likeness (QED) is 0.781. The molecule has 2 nitrogen and oxygen atoms in total. The van der Waals surface area contributed by atoms with Gasteiger partial charge in [-0.3, -0.25) is 0 Å². The first-order valence-corrected chi connectivity index (χ1v) is 6.92. The summed E-state index contributed by atoms with van der Waals surface area (Å²) in [5, 5.41) is 0. The van der Waals surface area contributed by atoms with Crippen LogP contribution in [0.15, 0.2) is 0 Å². The minimum Gasteiger partial charge on any atom is -0.324 e. The van der Waals surface area contributed by atoms with Crippen molar-refractivity contribution in [3.05, 3.63) is 0 Å². The molecule has 0 aromatic rings. The highest BCUT2D eigenvalue weighted by molar-refractivity contribution is 4.91. The van der Waals surface area contributed by atoms with Crippen molar-refractivity contribution in [2.75, 3.05) is 20.1 Å². The van der Waals surface area contributed by atoms with Gasteiger partial charge >= 0.3 is 0 Å². The normalized spacial score (nSPS) is 33.0. The first-order valence-electron chi connectivity index (χ1n) is 6.92. The van der Waals surface area contributed by atoms with Crippen molar-refractivity contribution in [3.63, 3.8) is 0 Å². The van der Waals surface area contributed by atoms with E-state index in [4.69, 9.17) is 5.73 Å². The van der Waals surface area contributed by atoms with Crippen LogP contribution in [0.3, 0.4) is 0 Å². The molecule has 0 bridgehead atoms. The summed E-state index contributed by atoms with van der Waals surface area (Å²) >= 11 is 0. The molecule has 16 heavy (non-hydrogen) atoms. The minimum atomic E-state index is 0.0832. The highest BCUT2D eigenvalue weighted by Gasteiger charge is 2.31. The van der Waals surface area contributed by atoms with Crippen LogP contribution in [0.1, 0.15) is 52.9 Å². The predicted molar refractivity (Wildman–Crippen MR) is 71.5 cm³/mol. The van der Waals surface area contributed by atoms with Crippen LogP contribution < -0.4 is 5.73 Å². The number of nitrogens with zero attached hydrogens (tertiary/aromatic N) is 1. The van der Waals surface area contributed by atoms with Gasteiger partial charge in [0.05, 0.1) is 0 Å². The van der Waals surface area contributed by atoms with E-state index in [2.05, 4.69) is 32.7 Å². The van der Waals surface area contributed by atoms with Gasteiger partial charge in [0.1, 0.15) is 0 Å². The molecule has 2 N–H and O–H groups in total. The molecular formula is C14H30N2. The van der Waals surface area contributed by atoms with E-state index < -0.39 is 0 Å². The molecule has 96 valence electrons. The standard InChI is InChI=1S/C14H30N2/c1-5-12(2)10-16(4)11-14(15)8-6-7-13(3)9-14/h12-13H,5-11,15H2,1-4H3. The third-order valence-electron chi connectivity index (χ3n) is 4.03. The van der Waals surface area contributed by atoms with Gasteiger partial charge in [0.15, 0.2) is 0 Å². The molecule has 0 aliphatic heterocycles. The third kappa shape index (κ3) is 4.42. The van der Waals surface area contributed by atoms with Crippen molar-refractivity contribution in [2.45, 2.75) is 58.4 Å². The molecule has 3 unspecified atom stereocenters. The Morgan fingerprint density at radius 3 is 2.75 bits per heavy atom. The average Bonchev–Trinajstić information content (AvgIpc) is 2.15. The Kier molecular flexibility index (Phi) is 5.26. The van der Waals surface area contributed by atoms with Gasteiger partial charge in [0.2, 0.25) is 0 Å². The van der Waals surface area contributed by atoms with Gasteiger partial charge in [-0.15, -0.1) is 0 Å². The fourth-order valence-electron chi connectivity index (χ4n) is 3.11. The Labute approximate surface area is 102 Å². The van der Waals surface area contributed by atoms with E-state index in [1.54, 1.807) is 0 Å². The molecule has 0 spiro atoms. The number of hydrogen-bond donors (Lipinski definition) is 1. The smallest absolute Gasteiger partial charge is 0.0285 e. The van der Waals surface area contributed by atoms with Gasteiger partial charge in [0, 0.05) is 18.6 Å². The van der Waals surface area contributed by atoms with Crippen LogP contribution >= 0.6 is 0 Å². The molecule has 0 heterocycles. The van der Waals surface area contributed by atoms with Crippen molar-refractivity contribution < 1.29 is 0 Å². The Hall–Kier alpha value is -0.0800. The summed E-state index contributed by atoms with van der Waals surface area (Å²) in [5.74, 6) is 1.60. The summed E-state index contributed by atoms with van der Waals surface area (Å²) in [5.41, 5.74) is 6.61. The van der Waals surface area contributed by atoms with Gasteiger partial charge in [-0.25, -0.2) is 0 Å². The van der Waals surface area contributed by atoms with Crippen LogP contribution in [0.5, 0.6) is 0 Å². The molecule has 0 amide bonds. The van der Waals surface area contributed by atoms with Crippen molar-refractivity contribution in [1.29, 1.82) is 0 Å². The lowest BCUT2D eigenvalue weighted by atomic mass is 9.77. The zero-order chi connectivity index (χ0) is 12.2. The first kappa shape index (κ1) is 14.0. The molecule has 0 saturated heterocycles. The molecule has 0 radical (unpaired) electrons. The number of nitrogens with two attached hydrogens (primary N) is 1. The van der Waals surface area contributed by atoms with Crippen molar-refractivity contribution in [2.24, 2.45) is 17.6 Å². The zero-order valence-electron chi connectivity index (χ0n) is 11.6. The number of hydrogen-bond acceptors (Lipinski definition) is 2. The van der Waals surface area contributed by atoms with E-state index in [1.165, 1.54) is 38.6 Å². The van der Waals surface area contributed by atoms with Gasteiger partial charge in [-0.05, 0) is 31.7 Å².